The Morgan fingerprint density at radius 3 is 2.88 bits per heavy atom. The third-order valence-corrected chi connectivity index (χ3v) is 3.80. The van der Waals surface area contributed by atoms with E-state index in [0.29, 0.717) is 13.0 Å². The van der Waals surface area contributed by atoms with Crippen LogP contribution in [0.1, 0.15) is 25.1 Å². The van der Waals surface area contributed by atoms with Crippen molar-refractivity contribution >= 4 is 23.3 Å². The lowest BCUT2D eigenvalue weighted by Gasteiger charge is -2.30. The summed E-state index contributed by atoms with van der Waals surface area (Å²) in [6, 6.07) is -0.317. The van der Waals surface area contributed by atoms with Crippen molar-refractivity contribution in [2.75, 3.05) is 0 Å². The summed E-state index contributed by atoms with van der Waals surface area (Å²) in [4.78, 5) is 29.9. The molecule has 1 unspecified atom stereocenters. The van der Waals surface area contributed by atoms with E-state index < -0.39 is 5.54 Å². The number of nitrogens with one attached hydrogen (secondary N) is 1. The fourth-order valence-corrected chi connectivity index (χ4v) is 2.30. The SMILES string of the molecule is CCC1(C)C(=O)NC(=O)N1Cc1cncs1. The van der Waals surface area contributed by atoms with Gasteiger partial charge in [-0.1, -0.05) is 6.92 Å². The van der Waals surface area contributed by atoms with Crippen molar-refractivity contribution < 1.29 is 9.59 Å². The molecule has 3 amide bonds. The Hall–Kier alpha value is -1.43. The van der Waals surface area contributed by atoms with Crippen molar-refractivity contribution in [1.29, 1.82) is 0 Å². The number of hydrogen-bond donors (Lipinski definition) is 1. The molecule has 1 N–H and O–H groups in total. The van der Waals surface area contributed by atoms with Crippen LogP contribution in [-0.2, 0) is 11.3 Å². The molecule has 0 aliphatic carbocycles. The third kappa shape index (κ3) is 1.59. The summed E-state index contributed by atoms with van der Waals surface area (Å²) in [6.07, 6.45) is 2.32. The van der Waals surface area contributed by atoms with Gasteiger partial charge in [-0.3, -0.25) is 15.1 Å². The van der Waals surface area contributed by atoms with Crippen LogP contribution < -0.4 is 5.32 Å². The highest BCUT2D eigenvalue weighted by Gasteiger charge is 2.47. The van der Waals surface area contributed by atoms with Crippen molar-refractivity contribution in [1.82, 2.24) is 15.2 Å². The standard InChI is InChI=1S/C10H13N3O2S/c1-3-10(2)8(14)12-9(15)13(10)5-7-4-11-6-16-7/h4,6H,3,5H2,1-2H3,(H,12,14,15). The highest BCUT2D eigenvalue weighted by molar-refractivity contribution is 7.09. The minimum absolute atomic E-state index is 0.218. The van der Waals surface area contributed by atoms with E-state index in [4.69, 9.17) is 0 Å². The Morgan fingerprint density at radius 1 is 1.56 bits per heavy atom. The molecule has 6 heteroatoms. The van der Waals surface area contributed by atoms with Crippen molar-refractivity contribution in [2.24, 2.45) is 0 Å². The van der Waals surface area contributed by atoms with Gasteiger partial charge in [-0.2, -0.15) is 0 Å². The van der Waals surface area contributed by atoms with E-state index in [-0.39, 0.29) is 11.9 Å². The lowest BCUT2D eigenvalue weighted by Crippen LogP contribution is -2.45. The zero-order valence-corrected chi connectivity index (χ0v) is 10.0. The Morgan fingerprint density at radius 2 is 2.31 bits per heavy atom. The van der Waals surface area contributed by atoms with Crippen molar-refractivity contribution in [3.8, 4) is 0 Å². The van der Waals surface area contributed by atoms with Gasteiger partial charge in [-0.25, -0.2) is 4.79 Å². The van der Waals surface area contributed by atoms with Gasteiger partial charge in [0.15, 0.2) is 0 Å². The number of thiazole rings is 1. The third-order valence-electron chi connectivity index (χ3n) is 3.04. The van der Waals surface area contributed by atoms with Crippen LogP contribution in [0.15, 0.2) is 11.7 Å². The van der Waals surface area contributed by atoms with Crippen LogP contribution in [0.25, 0.3) is 0 Å². The molecule has 0 aromatic carbocycles. The summed E-state index contributed by atoms with van der Waals surface area (Å²) in [5.74, 6) is -0.218. The Labute approximate surface area is 97.5 Å². The molecule has 0 bridgehead atoms. The predicted octanol–water partition coefficient (Wildman–Crippen LogP) is 1.36. The van der Waals surface area contributed by atoms with Crippen LogP contribution in [-0.4, -0.2) is 27.4 Å². The first-order chi connectivity index (χ1) is 7.58. The van der Waals surface area contributed by atoms with E-state index in [1.807, 2.05) is 6.92 Å². The van der Waals surface area contributed by atoms with E-state index in [0.717, 1.165) is 4.88 Å². The fraction of sp³-hybridized carbons (Fsp3) is 0.500. The van der Waals surface area contributed by atoms with Crippen LogP contribution >= 0.6 is 11.3 Å². The first kappa shape index (κ1) is 11.1. The van der Waals surface area contributed by atoms with Gasteiger partial charge in [0.2, 0.25) is 0 Å². The number of carbonyl (C=O) groups is 2. The second-order valence-electron chi connectivity index (χ2n) is 3.94. The number of nitrogens with zero attached hydrogens (tertiary/aromatic N) is 2. The van der Waals surface area contributed by atoms with Gasteiger partial charge in [0.1, 0.15) is 5.54 Å². The molecule has 2 rings (SSSR count). The molecule has 0 spiro atoms. The van der Waals surface area contributed by atoms with Gasteiger partial charge in [0, 0.05) is 11.1 Å². The van der Waals surface area contributed by atoms with E-state index >= 15 is 0 Å². The van der Waals surface area contributed by atoms with Gasteiger partial charge in [-0.05, 0) is 13.3 Å². The second kappa shape index (κ2) is 3.86. The van der Waals surface area contributed by atoms with Gasteiger partial charge in [0.25, 0.3) is 5.91 Å². The van der Waals surface area contributed by atoms with Gasteiger partial charge < -0.3 is 4.90 Å². The number of aromatic nitrogens is 1. The molecule has 1 aromatic heterocycles. The van der Waals surface area contributed by atoms with Crippen molar-refractivity contribution in [3.05, 3.63) is 16.6 Å². The van der Waals surface area contributed by atoms with E-state index in [1.165, 1.54) is 11.3 Å². The molecule has 0 saturated carbocycles. The predicted molar refractivity (Wildman–Crippen MR) is 59.9 cm³/mol. The molecule has 1 fully saturated rings. The number of urea groups is 1. The highest BCUT2D eigenvalue weighted by Crippen LogP contribution is 2.27. The average Bonchev–Trinajstić information content (AvgIpc) is 2.83. The summed E-state index contributed by atoms with van der Waals surface area (Å²) in [5.41, 5.74) is 0.982. The Balaban J connectivity index is 2.24. The van der Waals surface area contributed by atoms with Crippen LogP contribution in [0.5, 0.6) is 0 Å². The van der Waals surface area contributed by atoms with E-state index in [1.54, 1.807) is 23.5 Å². The Bertz CT molecular complexity index is 418. The van der Waals surface area contributed by atoms with Crippen LogP contribution in [0.3, 0.4) is 0 Å². The first-order valence-electron chi connectivity index (χ1n) is 5.08. The lowest BCUT2D eigenvalue weighted by atomic mass is 9.97. The maximum atomic E-state index is 11.7. The first-order valence-corrected chi connectivity index (χ1v) is 5.96. The summed E-state index contributed by atoms with van der Waals surface area (Å²) in [5, 5.41) is 2.35. The Kier molecular flexibility index (Phi) is 2.67. The van der Waals surface area contributed by atoms with Gasteiger partial charge in [0.05, 0.1) is 12.1 Å². The minimum Gasteiger partial charge on any atom is -0.305 e. The van der Waals surface area contributed by atoms with Crippen LogP contribution in [0, 0.1) is 0 Å². The molecule has 1 saturated heterocycles. The zero-order chi connectivity index (χ0) is 11.8. The van der Waals surface area contributed by atoms with Crippen molar-refractivity contribution in [3.63, 3.8) is 0 Å². The van der Waals surface area contributed by atoms with Crippen LogP contribution in [0.2, 0.25) is 0 Å². The largest absolute Gasteiger partial charge is 0.325 e. The molecule has 1 aliphatic heterocycles. The monoisotopic (exact) mass is 239 g/mol. The average molecular weight is 239 g/mol. The van der Waals surface area contributed by atoms with Gasteiger partial charge >= 0.3 is 6.03 Å². The summed E-state index contributed by atoms with van der Waals surface area (Å²) in [7, 11) is 0. The maximum absolute atomic E-state index is 11.7. The minimum atomic E-state index is -0.735. The highest BCUT2D eigenvalue weighted by atomic mass is 32.1. The quantitative estimate of drug-likeness (QED) is 0.810. The molecule has 1 atom stereocenters. The van der Waals surface area contributed by atoms with E-state index in [9.17, 15) is 9.59 Å². The normalized spacial score (nSPS) is 25.0. The van der Waals surface area contributed by atoms with Gasteiger partial charge in [-0.15, -0.1) is 11.3 Å². The summed E-state index contributed by atoms with van der Waals surface area (Å²) in [6.45, 7) is 4.12. The summed E-state index contributed by atoms with van der Waals surface area (Å²) >= 11 is 1.48. The molecule has 1 aromatic rings. The smallest absolute Gasteiger partial charge is 0.305 e. The van der Waals surface area contributed by atoms with Crippen LogP contribution in [0.4, 0.5) is 4.79 Å². The number of carbonyl (C=O) groups excluding carboxylic acids is 2. The topological polar surface area (TPSA) is 62.3 Å². The molecule has 1 aliphatic rings. The number of hydrogen-bond acceptors (Lipinski definition) is 4. The molecule has 86 valence electrons. The molecular formula is C10H13N3O2S. The zero-order valence-electron chi connectivity index (χ0n) is 9.19. The number of amides is 3. The molecule has 5 nitrogen and oxygen atoms in total. The second-order valence-corrected chi connectivity index (χ2v) is 4.91. The lowest BCUT2D eigenvalue weighted by molar-refractivity contribution is -0.126. The molecule has 2 heterocycles. The van der Waals surface area contributed by atoms with E-state index in [2.05, 4.69) is 10.3 Å². The fourth-order valence-electron chi connectivity index (χ4n) is 1.72. The summed E-state index contributed by atoms with van der Waals surface area (Å²) < 4.78 is 0. The molecular weight excluding hydrogens is 226 g/mol. The molecule has 0 radical (unpaired) electrons. The number of rotatable bonds is 3. The maximum Gasteiger partial charge on any atom is 0.325 e. The number of imide groups is 1. The molecule has 16 heavy (non-hydrogen) atoms. The van der Waals surface area contributed by atoms with Crippen molar-refractivity contribution in [2.45, 2.75) is 32.4 Å².